The van der Waals surface area contributed by atoms with E-state index in [-0.39, 0.29) is 6.04 Å². The van der Waals surface area contributed by atoms with Crippen LogP contribution in [0.4, 0.5) is 0 Å². The van der Waals surface area contributed by atoms with Crippen molar-refractivity contribution in [1.82, 2.24) is 15.1 Å². The van der Waals surface area contributed by atoms with Gasteiger partial charge in [-0.2, -0.15) is 0 Å². The van der Waals surface area contributed by atoms with Crippen LogP contribution in [-0.2, 0) is 9.59 Å². The Hall–Kier alpha value is -1.10. The van der Waals surface area contributed by atoms with Crippen LogP contribution in [0.5, 0.6) is 0 Å². The first-order chi connectivity index (χ1) is 11.2. The summed E-state index contributed by atoms with van der Waals surface area (Å²) in [5, 5.41) is 3.61. The fourth-order valence-electron chi connectivity index (χ4n) is 5.18. The second kappa shape index (κ2) is 6.42. The van der Waals surface area contributed by atoms with Gasteiger partial charge in [0.2, 0.25) is 11.8 Å². The SMILES string of the molecule is O=C([C@@H]1C[C@@H]2CCCC[C@H]2N1)N1CCC(N2CCCC2=O)CC1. The van der Waals surface area contributed by atoms with Crippen LogP contribution in [0.1, 0.15) is 57.8 Å². The molecule has 3 atom stereocenters. The van der Waals surface area contributed by atoms with Gasteiger partial charge in [-0.25, -0.2) is 0 Å². The van der Waals surface area contributed by atoms with E-state index in [0.29, 0.717) is 30.3 Å². The predicted molar refractivity (Wildman–Crippen MR) is 87.8 cm³/mol. The maximum Gasteiger partial charge on any atom is 0.239 e. The van der Waals surface area contributed by atoms with Crippen molar-refractivity contribution < 1.29 is 9.59 Å². The minimum Gasteiger partial charge on any atom is -0.341 e. The van der Waals surface area contributed by atoms with Gasteiger partial charge in [0, 0.05) is 38.1 Å². The molecule has 128 valence electrons. The van der Waals surface area contributed by atoms with E-state index < -0.39 is 0 Å². The maximum absolute atomic E-state index is 12.8. The lowest BCUT2D eigenvalue weighted by atomic mass is 9.85. The molecule has 23 heavy (non-hydrogen) atoms. The van der Waals surface area contributed by atoms with Gasteiger partial charge in [-0.15, -0.1) is 0 Å². The zero-order valence-corrected chi connectivity index (χ0v) is 14.0. The summed E-state index contributed by atoms with van der Waals surface area (Å²) in [5.74, 6) is 1.35. The summed E-state index contributed by atoms with van der Waals surface area (Å²) >= 11 is 0. The highest BCUT2D eigenvalue weighted by Gasteiger charge is 2.40. The van der Waals surface area contributed by atoms with Crippen molar-refractivity contribution in [3.8, 4) is 0 Å². The molecule has 1 N–H and O–H groups in total. The van der Waals surface area contributed by atoms with Crippen LogP contribution in [0.25, 0.3) is 0 Å². The third kappa shape index (κ3) is 3.00. The van der Waals surface area contributed by atoms with Gasteiger partial charge in [-0.3, -0.25) is 9.59 Å². The number of carbonyl (C=O) groups excluding carboxylic acids is 2. The van der Waals surface area contributed by atoms with Gasteiger partial charge in [-0.1, -0.05) is 12.8 Å². The van der Waals surface area contributed by atoms with Crippen LogP contribution in [0.15, 0.2) is 0 Å². The molecule has 0 bridgehead atoms. The number of nitrogens with zero attached hydrogens (tertiary/aromatic N) is 2. The van der Waals surface area contributed by atoms with E-state index in [2.05, 4.69) is 10.2 Å². The molecule has 0 aromatic carbocycles. The number of hydrogen-bond acceptors (Lipinski definition) is 3. The molecule has 4 aliphatic rings. The summed E-state index contributed by atoms with van der Waals surface area (Å²) in [6.07, 6.45) is 9.85. The van der Waals surface area contributed by atoms with Crippen LogP contribution in [0.3, 0.4) is 0 Å². The minimum absolute atomic E-state index is 0.0491. The Morgan fingerprint density at radius 2 is 1.78 bits per heavy atom. The molecule has 3 aliphatic heterocycles. The molecule has 1 aliphatic carbocycles. The van der Waals surface area contributed by atoms with Crippen molar-refractivity contribution in [2.75, 3.05) is 19.6 Å². The fraction of sp³-hybridized carbons (Fsp3) is 0.889. The molecule has 3 heterocycles. The van der Waals surface area contributed by atoms with E-state index in [1.165, 1.54) is 25.7 Å². The Labute approximate surface area is 138 Å². The number of hydrogen-bond donors (Lipinski definition) is 1. The van der Waals surface area contributed by atoms with Gasteiger partial charge >= 0.3 is 0 Å². The number of fused-ring (bicyclic) bond motifs is 1. The first-order valence-electron chi connectivity index (χ1n) is 9.56. The second-order valence-electron chi connectivity index (χ2n) is 7.85. The van der Waals surface area contributed by atoms with Gasteiger partial charge in [0.1, 0.15) is 0 Å². The Balaban J connectivity index is 1.30. The lowest BCUT2D eigenvalue weighted by molar-refractivity contribution is -0.136. The highest BCUT2D eigenvalue weighted by Crippen LogP contribution is 2.34. The zero-order chi connectivity index (χ0) is 15.8. The summed E-state index contributed by atoms with van der Waals surface area (Å²) in [5.41, 5.74) is 0. The van der Waals surface area contributed by atoms with Gasteiger partial charge in [0.15, 0.2) is 0 Å². The summed E-state index contributed by atoms with van der Waals surface area (Å²) in [7, 11) is 0. The number of nitrogens with one attached hydrogen (secondary N) is 1. The van der Waals surface area contributed by atoms with Crippen molar-refractivity contribution in [3.63, 3.8) is 0 Å². The van der Waals surface area contributed by atoms with Crippen LogP contribution in [0.2, 0.25) is 0 Å². The van der Waals surface area contributed by atoms with E-state index in [1.807, 2.05) is 4.90 Å². The summed E-state index contributed by atoms with van der Waals surface area (Å²) in [4.78, 5) is 28.8. The Kier molecular flexibility index (Phi) is 4.31. The topological polar surface area (TPSA) is 52.7 Å². The summed E-state index contributed by atoms with van der Waals surface area (Å²) in [6, 6.07) is 0.999. The monoisotopic (exact) mass is 319 g/mol. The van der Waals surface area contributed by atoms with Crippen LogP contribution in [-0.4, -0.2) is 59.4 Å². The molecule has 5 nitrogen and oxygen atoms in total. The Morgan fingerprint density at radius 1 is 1.00 bits per heavy atom. The van der Waals surface area contributed by atoms with Crippen molar-refractivity contribution in [3.05, 3.63) is 0 Å². The highest BCUT2D eigenvalue weighted by atomic mass is 16.2. The molecule has 3 saturated heterocycles. The number of rotatable bonds is 2. The Bertz CT molecular complexity index is 459. The molecule has 0 radical (unpaired) electrons. The first kappa shape index (κ1) is 15.4. The molecule has 2 amide bonds. The van der Waals surface area contributed by atoms with E-state index in [1.54, 1.807) is 0 Å². The van der Waals surface area contributed by atoms with Crippen LogP contribution in [0, 0.1) is 5.92 Å². The third-order valence-corrected chi connectivity index (χ3v) is 6.49. The van der Waals surface area contributed by atoms with Gasteiger partial charge in [-0.05, 0) is 44.4 Å². The standard InChI is InChI=1S/C18H29N3O2/c22-17-6-3-9-21(17)14-7-10-20(11-8-14)18(23)16-12-13-4-1-2-5-15(13)19-16/h13-16,19H,1-12H2/t13-,15+,16-/m0/s1. The van der Waals surface area contributed by atoms with E-state index >= 15 is 0 Å². The summed E-state index contributed by atoms with van der Waals surface area (Å²) < 4.78 is 0. The number of piperidine rings is 1. The predicted octanol–water partition coefficient (Wildman–Crippen LogP) is 1.52. The molecule has 5 heteroatoms. The second-order valence-corrected chi connectivity index (χ2v) is 7.85. The van der Waals surface area contributed by atoms with Crippen LogP contribution >= 0.6 is 0 Å². The smallest absolute Gasteiger partial charge is 0.239 e. The minimum atomic E-state index is 0.0491. The normalized spacial score (nSPS) is 35.7. The largest absolute Gasteiger partial charge is 0.341 e. The van der Waals surface area contributed by atoms with Gasteiger partial charge in [0.25, 0.3) is 0 Å². The lowest BCUT2D eigenvalue weighted by Gasteiger charge is -2.37. The number of carbonyl (C=O) groups is 2. The average molecular weight is 319 g/mol. The maximum atomic E-state index is 12.8. The van der Waals surface area contributed by atoms with Crippen molar-refractivity contribution in [2.24, 2.45) is 5.92 Å². The average Bonchev–Trinajstić information content (AvgIpc) is 3.20. The molecule has 0 aromatic heterocycles. The van der Waals surface area contributed by atoms with Crippen LogP contribution < -0.4 is 5.32 Å². The molecule has 4 rings (SSSR count). The molecular weight excluding hydrogens is 290 g/mol. The van der Waals surface area contributed by atoms with E-state index in [9.17, 15) is 9.59 Å². The van der Waals surface area contributed by atoms with Gasteiger partial charge < -0.3 is 15.1 Å². The van der Waals surface area contributed by atoms with Crippen molar-refractivity contribution in [2.45, 2.75) is 75.9 Å². The first-order valence-corrected chi connectivity index (χ1v) is 9.56. The fourth-order valence-corrected chi connectivity index (χ4v) is 5.18. The molecule has 0 aromatic rings. The van der Waals surface area contributed by atoms with E-state index in [4.69, 9.17) is 0 Å². The van der Waals surface area contributed by atoms with Crippen molar-refractivity contribution >= 4 is 11.8 Å². The summed E-state index contributed by atoms with van der Waals surface area (Å²) in [6.45, 7) is 2.56. The van der Waals surface area contributed by atoms with Gasteiger partial charge in [0.05, 0.1) is 6.04 Å². The quantitative estimate of drug-likeness (QED) is 0.839. The molecular formula is C18H29N3O2. The molecule has 0 spiro atoms. The molecule has 0 unspecified atom stereocenters. The molecule has 4 fully saturated rings. The Morgan fingerprint density at radius 3 is 2.48 bits per heavy atom. The number of likely N-dealkylation sites (tertiary alicyclic amines) is 2. The zero-order valence-electron chi connectivity index (χ0n) is 14.0. The molecule has 1 saturated carbocycles. The highest BCUT2D eigenvalue weighted by molar-refractivity contribution is 5.82. The third-order valence-electron chi connectivity index (χ3n) is 6.49. The van der Waals surface area contributed by atoms with Crippen molar-refractivity contribution in [1.29, 1.82) is 0 Å². The lowest BCUT2D eigenvalue weighted by Crippen LogP contribution is -2.51. The number of amides is 2. The van der Waals surface area contributed by atoms with E-state index in [0.717, 1.165) is 51.2 Å².